The molecule has 0 atom stereocenters. The molecule has 0 unspecified atom stereocenters. The number of para-hydroxylation sites is 1. The Morgan fingerprint density at radius 3 is 2.73 bits per heavy atom. The zero-order valence-corrected chi connectivity index (χ0v) is 18.1. The highest BCUT2D eigenvalue weighted by atomic mass is 35.5. The number of sulfonamides is 1. The first-order valence-electron chi connectivity index (χ1n) is 9.68. The van der Waals surface area contributed by atoms with Crippen LogP contribution < -0.4 is 9.62 Å². The molecule has 2 aromatic carbocycles. The number of amides is 1. The average Bonchev–Trinajstić information content (AvgIpc) is 2.75. The molecule has 3 rings (SSSR count). The van der Waals surface area contributed by atoms with Gasteiger partial charge in [-0.2, -0.15) is 0 Å². The molecule has 1 amide bonds. The second-order valence-electron chi connectivity index (χ2n) is 6.88. The van der Waals surface area contributed by atoms with Crippen LogP contribution in [0.15, 0.2) is 47.4 Å². The molecule has 0 saturated carbocycles. The molecule has 0 saturated heterocycles. The summed E-state index contributed by atoms with van der Waals surface area (Å²) in [6, 6.07) is 11.2. The normalized spacial score (nSPS) is 13.5. The van der Waals surface area contributed by atoms with Crippen LogP contribution in [-0.2, 0) is 26.0 Å². The van der Waals surface area contributed by atoms with Crippen molar-refractivity contribution < 1.29 is 22.7 Å². The molecule has 0 bridgehead atoms. The lowest BCUT2D eigenvalue weighted by Gasteiger charge is -2.30. The van der Waals surface area contributed by atoms with Crippen molar-refractivity contribution in [1.82, 2.24) is 5.32 Å². The van der Waals surface area contributed by atoms with Gasteiger partial charge in [0, 0.05) is 13.1 Å². The number of nitrogens with one attached hydrogen (secondary N) is 1. The number of halogens is 1. The molecule has 0 fully saturated rings. The van der Waals surface area contributed by atoms with Gasteiger partial charge in [0.2, 0.25) is 0 Å². The zero-order valence-electron chi connectivity index (χ0n) is 16.6. The first-order chi connectivity index (χ1) is 14.3. The number of benzene rings is 2. The number of nitrogens with zero attached hydrogens (tertiary/aromatic N) is 1. The minimum atomic E-state index is -3.90. The van der Waals surface area contributed by atoms with Gasteiger partial charge in [-0.3, -0.25) is 9.10 Å². The van der Waals surface area contributed by atoms with Gasteiger partial charge in [0.1, 0.15) is 0 Å². The van der Waals surface area contributed by atoms with Crippen molar-refractivity contribution in [2.45, 2.75) is 31.1 Å². The van der Waals surface area contributed by atoms with Crippen molar-refractivity contribution in [1.29, 1.82) is 0 Å². The van der Waals surface area contributed by atoms with E-state index in [1.54, 1.807) is 12.1 Å². The van der Waals surface area contributed by atoms with E-state index in [9.17, 15) is 18.0 Å². The van der Waals surface area contributed by atoms with Gasteiger partial charge in [0.25, 0.3) is 15.9 Å². The summed E-state index contributed by atoms with van der Waals surface area (Å²) in [6.07, 6.45) is 2.26. The molecule has 160 valence electrons. The summed E-state index contributed by atoms with van der Waals surface area (Å²) in [7, 11) is -3.90. The molecule has 30 heavy (non-hydrogen) atoms. The summed E-state index contributed by atoms with van der Waals surface area (Å²) in [5, 5.41) is 2.64. The topological polar surface area (TPSA) is 92.8 Å². The van der Waals surface area contributed by atoms with Gasteiger partial charge in [-0.05, 0) is 49.1 Å². The monoisotopic (exact) mass is 450 g/mol. The number of carbonyl (C=O) groups is 2. The van der Waals surface area contributed by atoms with Gasteiger partial charge in [0.15, 0.2) is 6.61 Å². The summed E-state index contributed by atoms with van der Waals surface area (Å²) in [4.78, 5) is 24.0. The van der Waals surface area contributed by atoms with Crippen LogP contribution in [0.25, 0.3) is 0 Å². The summed E-state index contributed by atoms with van der Waals surface area (Å²) >= 11 is 6.10. The molecule has 1 aliphatic rings. The fourth-order valence-corrected chi connectivity index (χ4v) is 4.98. The Balaban J connectivity index is 1.84. The third kappa shape index (κ3) is 4.76. The van der Waals surface area contributed by atoms with Crippen LogP contribution >= 0.6 is 11.6 Å². The van der Waals surface area contributed by atoms with Crippen LogP contribution in [0.2, 0.25) is 5.02 Å². The highest BCUT2D eigenvalue weighted by Gasteiger charge is 2.30. The van der Waals surface area contributed by atoms with Gasteiger partial charge >= 0.3 is 5.97 Å². The molecule has 9 heteroatoms. The van der Waals surface area contributed by atoms with Crippen LogP contribution in [0.1, 0.15) is 35.7 Å². The highest BCUT2D eigenvalue weighted by Crippen LogP contribution is 2.32. The number of fused-ring (bicyclic) bond motifs is 1. The van der Waals surface area contributed by atoms with E-state index in [2.05, 4.69) is 5.32 Å². The van der Waals surface area contributed by atoms with Crippen molar-refractivity contribution in [3.05, 3.63) is 58.6 Å². The predicted octanol–water partition coefficient (Wildman–Crippen LogP) is 3.16. The van der Waals surface area contributed by atoms with Crippen molar-refractivity contribution in [2.24, 2.45) is 0 Å². The van der Waals surface area contributed by atoms with Crippen LogP contribution in [0, 0.1) is 0 Å². The van der Waals surface area contributed by atoms with Crippen LogP contribution in [-0.4, -0.2) is 40.0 Å². The van der Waals surface area contributed by atoms with Gasteiger partial charge < -0.3 is 10.1 Å². The number of hydrogen-bond acceptors (Lipinski definition) is 5. The van der Waals surface area contributed by atoms with Crippen LogP contribution in [0.4, 0.5) is 5.69 Å². The number of esters is 1. The molecule has 0 radical (unpaired) electrons. The van der Waals surface area contributed by atoms with Crippen molar-refractivity contribution in [2.75, 3.05) is 24.0 Å². The molecular formula is C21H23ClN2O5S. The smallest absolute Gasteiger partial charge is 0.340 e. The van der Waals surface area contributed by atoms with Crippen molar-refractivity contribution in [3.8, 4) is 0 Å². The van der Waals surface area contributed by atoms with Gasteiger partial charge in [-0.25, -0.2) is 13.2 Å². The van der Waals surface area contributed by atoms with E-state index in [0.717, 1.165) is 18.4 Å². The van der Waals surface area contributed by atoms with E-state index in [1.807, 2.05) is 19.1 Å². The fourth-order valence-electron chi connectivity index (χ4n) is 3.22. The number of aryl methyl sites for hydroxylation is 1. The Labute approximate surface area is 181 Å². The molecule has 1 aliphatic heterocycles. The maximum atomic E-state index is 13.3. The third-order valence-corrected chi connectivity index (χ3v) is 6.86. The average molecular weight is 451 g/mol. The summed E-state index contributed by atoms with van der Waals surface area (Å²) in [6.45, 7) is 2.26. The lowest BCUT2D eigenvalue weighted by molar-refractivity contribution is -0.124. The van der Waals surface area contributed by atoms with E-state index in [1.165, 1.54) is 22.5 Å². The summed E-state index contributed by atoms with van der Waals surface area (Å²) in [5.74, 6) is -1.29. The first-order valence-corrected chi connectivity index (χ1v) is 11.5. The van der Waals surface area contributed by atoms with E-state index in [0.29, 0.717) is 25.2 Å². The fraction of sp³-hybridized carbons (Fsp3) is 0.333. The molecule has 0 aliphatic carbocycles. The van der Waals surface area contributed by atoms with Crippen LogP contribution in [0.5, 0.6) is 0 Å². The summed E-state index contributed by atoms with van der Waals surface area (Å²) < 4.78 is 32.9. The highest BCUT2D eigenvalue weighted by molar-refractivity contribution is 7.92. The minimum Gasteiger partial charge on any atom is -0.452 e. The molecular weight excluding hydrogens is 428 g/mol. The Hall–Kier alpha value is -2.58. The number of rotatable bonds is 7. The lowest BCUT2D eigenvalue weighted by atomic mass is 10.0. The minimum absolute atomic E-state index is 0.0481. The number of anilines is 1. The predicted molar refractivity (Wildman–Crippen MR) is 114 cm³/mol. The van der Waals surface area contributed by atoms with Crippen LogP contribution in [0.3, 0.4) is 0 Å². The lowest BCUT2D eigenvalue weighted by Crippen LogP contribution is -2.35. The number of carbonyl (C=O) groups excluding carboxylic acids is 2. The maximum Gasteiger partial charge on any atom is 0.340 e. The van der Waals surface area contributed by atoms with E-state index in [-0.39, 0.29) is 15.5 Å². The first kappa shape index (κ1) is 22.1. The van der Waals surface area contributed by atoms with E-state index in [4.69, 9.17) is 16.3 Å². The largest absolute Gasteiger partial charge is 0.452 e. The third-order valence-electron chi connectivity index (χ3n) is 4.72. The van der Waals surface area contributed by atoms with Gasteiger partial charge in [0.05, 0.1) is 21.2 Å². The van der Waals surface area contributed by atoms with Gasteiger partial charge in [-0.1, -0.05) is 36.7 Å². The van der Waals surface area contributed by atoms with Crippen molar-refractivity contribution in [3.63, 3.8) is 0 Å². The molecule has 2 aromatic rings. The van der Waals surface area contributed by atoms with Gasteiger partial charge in [-0.15, -0.1) is 0 Å². The number of hydrogen-bond donors (Lipinski definition) is 1. The molecule has 1 heterocycles. The Morgan fingerprint density at radius 1 is 1.20 bits per heavy atom. The van der Waals surface area contributed by atoms with E-state index >= 15 is 0 Å². The maximum absolute atomic E-state index is 13.3. The van der Waals surface area contributed by atoms with Crippen molar-refractivity contribution >= 4 is 39.2 Å². The quantitative estimate of drug-likeness (QED) is 0.654. The van der Waals surface area contributed by atoms with E-state index < -0.39 is 28.5 Å². The Bertz CT molecular complexity index is 1060. The Kier molecular flexibility index (Phi) is 6.99. The summed E-state index contributed by atoms with van der Waals surface area (Å²) in [5.41, 5.74) is 1.49. The second-order valence-corrected chi connectivity index (χ2v) is 9.15. The standard InChI is InChI=1S/C21H23ClN2O5S/c1-2-11-23-20(25)14-29-21(26)17-13-16(9-10-18(17)22)30(27,28)24-12-5-7-15-6-3-4-8-19(15)24/h3-4,6,8-10,13H,2,5,7,11-12,14H2,1H3,(H,23,25). The molecule has 1 N–H and O–H groups in total. The molecule has 0 aromatic heterocycles. The molecule has 7 nitrogen and oxygen atoms in total. The second kappa shape index (κ2) is 9.49. The zero-order chi connectivity index (χ0) is 21.7. The Morgan fingerprint density at radius 2 is 1.97 bits per heavy atom. The molecule has 0 spiro atoms. The SMILES string of the molecule is CCCNC(=O)COC(=O)c1cc(S(=O)(=O)N2CCCc3ccccc32)ccc1Cl. The number of ether oxygens (including phenoxy) is 1.